The molecule has 1 aromatic heterocycles. The van der Waals surface area contributed by atoms with Crippen LogP contribution in [-0.4, -0.2) is 27.3 Å². The van der Waals surface area contributed by atoms with Crippen LogP contribution in [0.3, 0.4) is 0 Å². The second-order valence-corrected chi connectivity index (χ2v) is 4.47. The third-order valence-corrected chi connectivity index (χ3v) is 2.37. The number of nitrogens with one attached hydrogen (secondary N) is 2. The Labute approximate surface area is 102 Å². The maximum Gasteiger partial charge on any atom is 0.166 e. The molecule has 5 heteroatoms. The van der Waals surface area contributed by atoms with Crippen LogP contribution < -0.4 is 10.6 Å². The molecular formula is C11H20N4S. The lowest BCUT2D eigenvalue weighted by Gasteiger charge is -2.12. The molecule has 0 bridgehead atoms. The summed E-state index contributed by atoms with van der Waals surface area (Å²) in [6.07, 6.45) is 7.88. The van der Waals surface area contributed by atoms with E-state index in [2.05, 4.69) is 34.0 Å². The summed E-state index contributed by atoms with van der Waals surface area (Å²) in [6, 6.07) is 0.394. The van der Waals surface area contributed by atoms with Gasteiger partial charge in [-0.1, -0.05) is 0 Å². The van der Waals surface area contributed by atoms with E-state index in [1.807, 2.05) is 12.5 Å². The lowest BCUT2D eigenvalue weighted by Crippen LogP contribution is -2.39. The van der Waals surface area contributed by atoms with Gasteiger partial charge in [0.05, 0.1) is 6.33 Å². The number of rotatable bonds is 6. The third-order valence-electron chi connectivity index (χ3n) is 2.11. The molecule has 4 nitrogen and oxygen atoms in total. The Morgan fingerprint density at radius 1 is 1.44 bits per heavy atom. The first-order chi connectivity index (χ1) is 7.68. The van der Waals surface area contributed by atoms with Crippen LogP contribution in [0.4, 0.5) is 0 Å². The van der Waals surface area contributed by atoms with Gasteiger partial charge in [-0.05, 0) is 38.9 Å². The highest BCUT2D eigenvalue weighted by atomic mass is 32.1. The topological polar surface area (TPSA) is 41.9 Å². The molecule has 0 aliphatic carbocycles. The molecule has 0 aliphatic rings. The van der Waals surface area contributed by atoms with E-state index < -0.39 is 0 Å². The largest absolute Gasteiger partial charge is 0.363 e. The molecule has 0 unspecified atom stereocenters. The van der Waals surface area contributed by atoms with Crippen LogP contribution in [-0.2, 0) is 6.54 Å². The minimum atomic E-state index is 0.394. The summed E-state index contributed by atoms with van der Waals surface area (Å²) in [6.45, 7) is 6.10. The summed E-state index contributed by atoms with van der Waals surface area (Å²) < 4.78 is 2.09. The fourth-order valence-electron chi connectivity index (χ4n) is 1.35. The van der Waals surface area contributed by atoms with Crippen molar-refractivity contribution >= 4 is 17.3 Å². The first-order valence-electron chi connectivity index (χ1n) is 5.68. The smallest absolute Gasteiger partial charge is 0.166 e. The fourth-order valence-corrected chi connectivity index (χ4v) is 1.69. The Morgan fingerprint density at radius 3 is 2.88 bits per heavy atom. The Hall–Kier alpha value is -1.10. The number of aromatic nitrogens is 2. The predicted molar refractivity (Wildman–Crippen MR) is 70.3 cm³/mol. The van der Waals surface area contributed by atoms with Crippen molar-refractivity contribution in [1.82, 2.24) is 20.2 Å². The van der Waals surface area contributed by atoms with Crippen molar-refractivity contribution in [3.05, 3.63) is 18.7 Å². The quantitative estimate of drug-likeness (QED) is 0.584. The van der Waals surface area contributed by atoms with Crippen LogP contribution in [0.25, 0.3) is 0 Å². The van der Waals surface area contributed by atoms with E-state index in [4.69, 9.17) is 12.2 Å². The highest BCUT2D eigenvalue weighted by molar-refractivity contribution is 7.80. The summed E-state index contributed by atoms with van der Waals surface area (Å²) >= 11 is 5.12. The van der Waals surface area contributed by atoms with Crippen LogP contribution in [0.5, 0.6) is 0 Å². The first-order valence-corrected chi connectivity index (χ1v) is 6.09. The SMILES string of the molecule is CC(C)NC(=S)NCCCCn1ccnc1. The van der Waals surface area contributed by atoms with Crippen molar-refractivity contribution in [2.24, 2.45) is 0 Å². The van der Waals surface area contributed by atoms with Crippen molar-refractivity contribution in [2.75, 3.05) is 6.54 Å². The molecule has 2 N–H and O–H groups in total. The van der Waals surface area contributed by atoms with Crippen LogP contribution >= 0.6 is 12.2 Å². The molecule has 1 aromatic rings. The van der Waals surface area contributed by atoms with Crippen LogP contribution in [0, 0.1) is 0 Å². The minimum Gasteiger partial charge on any atom is -0.363 e. The Balaban J connectivity index is 1.98. The molecular weight excluding hydrogens is 220 g/mol. The number of aryl methyl sites for hydroxylation is 1. The molecule has 0 spiro atoms. The Bertz CT molecular complexity index is 295. The zero-order valence-corrected chi connectivity index (χ0v) is 10.8. The van der Waals surface area contributed by atoms with Crippen molar-refractivity contribution in [1.29, 1.82) is 0 Å². The molecule has 90 valence electrons. The van der Waals surface area contributed by atoms with Gasteiger partial charge in [0.2, 0.25) is 0 Å². The number of hydrogen-bond acceptors (Lipinski definition) is 2. The van der Waals surface area contributed by atoms with Gasteiger partial charge in [-0.15, -0.1) is 0 Å². The summed E-state index contributed by atoms with van der Waals surface area (Å²) in [5, 5.41) is 7.09. The zero-order valence-electron chi connectivity index (χ0n) is 9.94. The third kappa shape index (κ3) is 5.70. The maximum absolute atomic E-state index is 5.12. The van der Waals surface area contributed by atoms with E-state index in [0.717, 1.165) is 31.0 Å². The average molecular weight is 240 g/mol. The highest BCUT2D eigenvalue weighted by Crippen LogP contribution is 1.93. The molecule has 0 aromatic carbocycles. The molecule has 1 heterocycles. The lowest BCUT2D eigenvalue weighted by atomic mass is 10.3. The number of unbranched alkanes of at least 4 members (excludes halogenated alkanes) is 1. The highest BCUT2D eigenvalue weighted by Gasteiger charge is 1.97. The van der Waals surface area contributed by atoms with Gasteiger partial charge in [0.1, 0.15) is 0 Å². The van der Waals surface area contributed by atoms with Crippen molar-refractivity contribution in [3.63, 3.8) is 0 Å². The molecule has 0 fully saturated rings. The van der Waals surface area contributed by atoms with Gasteiger partial charge in [0.25, 0.3) is 0 Å². The van der Waals surface area contributed by atoms with Gasteiger partial charge in [0.15, 0.2) is 5.11 Å². The van der Waals surface area contributed by atoms with E-state index in [9.17, 15) is 0 Å². The standard InChI is InChI=1S/C11H20N4S/c1-10(2)14-11(16)13-5-3-4-7-15-8-6-12-9-15/h6,8-10H,3-5,7H2,1-2H3,(H2,13,14,16). The molecule has 0 amide bonds. The van der Waals surface area contributed by atoms with Gasteiger partial charge in [-0.3, -0.25) is 0 Å². The summed E-state index contributed by atoms with van der Waals surface area (Å²) in [5.74, 6) is 0. The molecule has 16 heavy (non-hydrogen) atoms. The average Bonchev–Trinajstić information content (AvgIpc) is 2.68. The van der Waals surface area contributed by atoms with Crippen molar-refractivity contribution < 1.29 is 0 Å². The summed E-state index contributed by atoms with van der Waals surface area (Å²) in [5.41, 5.74) is 0. The van der Waals surface area contributed by atoms with Gasteiger partial charge in [-0.25, -0.2) is 4.98 Å². The van der Waals surface area contributed by atoms with Crippen LogP contribution in [0.1, 0.15) is 26.7 Å². The van der Waals surface area contributed by atoms with Gasteiger partial charge in [0, 0.05) is 31.5 Å². The van der Waals surface area contributed by atoms with Crippen LogP contribution in [0.15, 0.2) is 18.7 Å². The predicted octanol–water partition coefficient (Wildman–Crippen LogP) is 1.54. The maximum atomic E-state index is 5.12. The van der Waals surface area contributed by atoms with Gasteiger partial charge in [-0.2, -0.15) is 0 Å². The molecule has 1 rings (SSSR count). The van der Waals surface area contributed by atoms with E-state index in [1.54, 1.807) is 6.20 Å². The van der Waals surface area contributed by atoms with E-state index >= 15 is 0 Å². The van der Waals surface area contributed by atoms with E-state index in [0.29, 0.717) is 6.04 Å². The first kappa shape index (κ1) is 13.0. The van der Waals surface area contributed by atoms with Crippen molar-refractivity contribution in [2.45, 2.75) is 39.3 Å². The second kappa shape index (κ2) is 7.22. The van der Waals surface area contributed by atoms with Gasteiger partial charge >= 0.3 is 0 Å². The number of imidazole rings is 1. The number of nitrogens with zero attached hydrogens (tertiary/aromatic N) is 2. The minimum absolute atomic E-state index is 0.394. The molecule has 0 saturated heterocycles. The lowest BCUT2D eigenvalue weighted by molar-refractivity contribution is 0.598. The normalized spacial score (nSPS) is 10.4. The van der Waals surface area contributed by atoms with E-state index in [1.165, 1.54) is 0 Å². The summed E-state index contributed by atoms with van der Waals surface area (Å²) in [7, 11) is 0. The molecule has 0 saturated carbocycles. The van der Waals surface area contributed by atoms with Crippen LogP contribution in [0.2, 0.25) is 0 Å². The fraction of sp³-hybridized carbons (Fsp3) is 0.636. The Kier molecular flexibility index (Phi) is 5.85. The Morgan fingerprint density at radius 2 is 2.25 bits per heavy atom. The van der Waals surface area contributed by atoms with Crippen molar-refractivity contribution in [3.8, 4) is 0 Å². The number of hydrogen-bond donors (Lipinski definition) is 2. The summed E-state index contributed by atoms with van der Waals surface area (Å²) in [4.78, 5) is 4.00. The van der Waals surface area contributed by atoms with Gasteiger partial charge < -0.3 is 15.2 Å². The molecule has 0 atom stereocenters. The zero-order chi connectivity index (χ0) is 11.8. The monoisotopic (exact) mass is 240 g/mol. The number of thiocarbonyl (C=S) groups is 1. The molecule has 0 aliphatic heterocycles. The van der Waals surface area contributed by atoms with E-state index in [-0.39, 0.29) is 0 Å². The molecule has 0 radical (unpaired) electrons. The second-order valence-electron chi connectivity index (χ2n) is 4.06.